The zero-order valence-electron chi connectivity index (χ0n) is 15.7. The highest BCUT2D eigenvalue weighted by molar-refractivity contribution is 6.45. The monoisotopic (exact) mass is 366 g/mol. The normalized spacial score (nSPS) is 17.9. The fraction of sp³-hybridized carbons (Fsp3) is 0.412. The van der Waals surface area contributed by atoms with Crippen molar-refractivity contribution >= 4 is 48.3 Å². The molecule has 7 nitrogen and oxygen atoms in total. The second-order valence-corrected chi connectivity index (χ2v) is 7.30. The van der Waals surface area contributed by atoms with Crippen LogP contribution in [-0.2, 0) is 11.3 Å². The molecule has 3 aromatic rings. The molecule has 0 aliphatic heterocycles. The van der Waals surface area contributed by atoms with Gasteiger partial charge in [-0.2, -0.15) is 5.10 Å². The minimum absolute atomic E-state index is 0.268. The second-order valence-electron chi connectivity index (χ2n) is 7.30. The van der Waals surface area contributed by atoms with Gasteiger partial charge >= 0.3 is 0 Å². The minimum atomic E-state index is -0.890. The van der Waals surface area contributed by atoms with Crippen molar-refractivity contribution in [1.29, 1.82) is 0 Å². The van der Waals surface area contributed by atoms with Gasteiger partial charge in [-0.15, -0.1) is 0 Å². The van der Waals surface area contributed by atoms with Crippen LogP contribution in [-0.4, -0.2) is 62.0 Å². The first-order chi connectivity index (χ1) is 13.1. The molecule has 0 spiro atoms. The van der Waals surface area contributed by atoms with Gasteiger partial charge in [-0.3, -0.25) is 9.48 Å². The number of hydrogen-bond acceptors (Lipinski definition) is 4. The molecule has 1 fully saturated rings. The smallest absolute Gasteiger partial charge is 0.214 e. The molecule has 0 atom stereocenters. The Morgan fingerprint density at radius 2 is 1.93 bits per heavy atom. The second kappa shape index (κ2) is 7.53. The van der Waals surface area contributed by atoms with Crippen LogP contribution < -0.4 is 5.73 Å². The van der Waals surface area contributed by atoms with Gasteiger partial charge in [0.05, 0.1) is 43.3 Å². The molecule has 1 saturated carbocycles. The van der Waals surface area contributed by atoms with E-state index in [9.17, 15) is 4.79 Å². The number of nitrogens with two attached hydrogens (primary N) is 1. The summed E-state index contributed by atoms with van der Waals surface area (Å²) >= 11 is 0. The van der Waals surface area contributed by atoms with E-state index in [-0.39, 0.29) is 11.8 Å². The Morgan fingerprint density at radius 1 is 1.29 bits per heavy atom. The molecule has 1 amide bonds. The molecule has 134 valence electrons. The first kappa shape index (κ1) is 20.3. The van der Waals surface area contributed by atoms with Crippen molar-refractivity contribution in [3.8, 4) is 11.3 Å². The first-order valence-corrected chi connectivity index (χ1v) is 8.82. The lowest BCUT2D eigenvalue weighted by atomic mass is 9.40. The van der Waals surface area contributed by atoms with Crippen molar-refractivity contribution in [2.24, 2.45) is 11.7 Å². The third-order valence-electron chi connectivity index (χ3n) is 4.92. The van der Waals surface area contributed by atoms with Crippen molar-refractivity contribution in [1.82, 2.24) is 24.7 Å². The van der Waals surface area contributed by atoms with E-state index in [4.69, 9.17) is 31.4 Å². The van der Waals surface area contributed by atoms with Gasteiger partial charge in [-0.1, -0.05) is 23.3 Å². The number of carbonyl (C=O) groups excluding carboxylic acids is 1. The molecule has 1 aliphatic carbocycles. The Balaban J connectivity index is 0.000000516. The number of aromatic amines is 1. The van der Waals surface area contributed by atoms with Crippen LogP contribution in [0, 0.1) is 5.92 Å². The van der Waals surface area contributed by atoms with Crippen molar-refractivity contribution in [2.75, 3.05) is 0 Å². The molecule has 1 aliphatic rings. The molecule has 0 saturated heterocycles. The number of fused-ring (bicyclic) bond motifs is 1. The van der Waals surface area contributed by atoms with Gasteiger partial charge in [0.25, 0.3) is 0 Å². The molecule has 0 bridgehead atoms. The van der Waals surface area contributed by atoms with Gasteiger partial charge in [0.15, 0.2) is 0 Å². The van der Waals surface area contributed by atoms with Gasteiger partial charge in [0.1, 0.15) is 12.0 Å². The summed E-state index contributed by atoms with van der Waals surface area (Å²) in [6, 6.07) is 1.94. The summed E-state index contributed by atoms with van der Waals surface area (Å²) in [5.74, 6) is -0.601. The number of carbonyl (C=O) groups is 1. The number of rotatable bonds is 3. The van der Waals surface area contributed by atoms with Gasteiger partial charge in [0.2, 0.25) is 5.91 Å². The van der Waals surface area contributed by atoms with E-state index in [2.05, 4.69) is 25.8 Å². The molecule has 8 radical (unpaired) electrons. The number of amides is 1. The first-order valence-electron chi connectivity index (χ1n) is 8.82. The molecule has 3 N–H and O–H groups in total. The molecular weight excluding hydrogens is 347 g/mol. The number of hydrogen-bond donors (Lipinski definition) is 2. The maximum atomic E-state index is 9.22. The van der Waals surface area contributed by atoms with E-state index in [0.717, 1.165) is 22.3 Å². The fourth-order valence-electron chi connectivity index (χ4n) is 3.50. The van der Waals surface area contributed by atoms with E-state index in [1.54, 1.807) is 10.9 Å². The maximum absolute atomic E-state index is 9.22. The Bertz CT molecular complexity index is 963. The molecule has 3 aromatic heterocycles. The Hall–Kier alpha value is -2.44. The number of primary amides is 1. The minimum Gasteiger partial charge on any atom is -0.370 e. The van der Waals surface area contributed by atoms with E-state index >= 15 is 0 Å². The SMILES string of the molecule is CC(N)=O.[B]C1([B])CCC([B])([B])C1Cn1cc(-c2ncnc3[nH]ccc23)cn1. The van der Waals surface area contributed by atoms with Crippen LogP contribution in [0.4, 0.5) is 0 Å². The predicted molar refractivity (Wildman–Crippen MR) is 111 cm³/mol. The molecule has 4 rings (SSSR count). The van der Waals surface area contributed by atoms with Crippen LogP contribution in [0.5, 0.6) is 0 Å². The highest BCUT2D eigenvalue weighted by Crippen LogP contribution is 2.56. The third kappa shape index (κ3) is 4.18. The highest BCUT2D eigenvalue weighted by Gasteiger charge is 2.44. The zero-order chi connectivity index (χ0) is 20.5. The Labute approximate surface area is 168 Å². The number of H-pyrrole nitrogens is 1. The number of aromatic nitrogens is 5. The average Bonchev–Trinajstić information content (AvgIpc) is 3.29. The van der Waals surface area contributed by atoms with E-state index in [1.165, 1.54) is 13.3 Å². The maximum Gasteiger partial charge on any atom is 0.214 e. The molecule has 3 heterocycles. The summed E-state index contributed by atoms with van der Waals surface area (Å²) < 4.78 is 1.77. The summed E-state index contributed by atoms with van der Waals surface area (Å²) in [6.07, 6.45) is 8.20. The summed E-state index contributed by atoms with van der Waals surface area (Å²) in [6.45, 7) is 1.77. The number of nitrogens with zero attached hydrogens (tertiary/aromatic N) is 4. The quantitative estimate of drug-likeness (QED) is 0.664. The largest absolute Gasteiger partial charge is 0.370 e. The van der Waals surface area contributed by atoms with Crippen LogP contribution in [0.3, 0.4) is 0 Å². The number of nitrogens with one attached hydrogen (secondary N) is 1. The summed E-state index contributed by atoms with van der Waals surface area (Å²) in [5.41, 5.74) is 6.96. The van der Waals surface area contributed by atoms with Gasteiger partial charge < -0.3 is 10.7 Å². The lowest BCUT2D eigenvalue weighted by Gasteiger charge is -2.37. The lowest BCUT2D eigenvalue weighted by molar-refractivity contribution is -0.115. The van der Waals surface area contributed by atoms with Crippen molar-refractivity contribution in [3.63, 3.8) is 0 Å². The van der Waals surface area contributed by atoms with Gasteiger partial charge in [0, 0.05) is 36.8 Å². The highest BCUT2D eigenvalue weighted by atomic mass is 16.1. The molecular formula is C17H18B4N6O. The zero-order valence-corrected chi connectivity index (χ0v) is 15.7. The molecule has 28 heavy (non-hydrogen) atoms. The topological polar surface area (TPSA) is 102 Å². The lowest BCUT2D eigenvalue weighted by Crippen LogP contribution is -2.32. The van der Waals surface area contributed by atoms with E-state index in [0.29, 0.717) is 19.4 Å². The van der Waals surface area contributed by atoms with Gasteiger partial charge in [-0.25, -0.2) is 9.97 Å². The van der Waals surface area contributed by atoms with Crippen LogP contribution in [0.2, 0.25) is 10.4 Å². The van der Waals surface area contributed by atoms with Crippen LogP contribution in [0.1, 0.15) is 19.8 Å². The van der Waals surface area contributed by atoms with Crippen molar-refractivity contribution in [3.05, 3.63) is 31.0 Å². The standard InChI is InChI=1S/C15H13B4N5.C2H5NO/c16-14(17)2-3-15(18,19)11(14)7-24-6-9(5-23-24)12-10-1-4-20-13(10)22-8-21-12;1-2(3)4/h1,4-6,8,11H,2-3,7H2,(H,20,21,22);1H3,(H2,3,4). The van der Waals surface area contributed by atoms with E-state index in [1.807, 2.05) is 18.5 Å². The summed E-state index contributed by atoms with van der Waals surface area (Å²) in [5, 5.41) is 3.56. The average molecular weight is 366 g/mol. The van der Waals surface area contributed by atoms with Gasteiger partial charge in [-0.05, 0) is 12.0 Å². The molecule has 0 unspecified atom stereocenters. The van der Waals surface area contributed by atoms with Crippen molar-refractivity contribution in [2.45, 2.75) is 36.7 Å². The Kier molecular flexibility index (Phi) is 5.46. The van der Waals surface area contributed by atoms with E-state index < -0.39 is 10.4 Å². The summed E-state index contributed by atoms with van der Waals surface area (Å²) in [7, 11) is 24.7. The Morgan fingerprint density at radius 3 is 2.57 bits per heavy atom. The van der Waals surface area contributed by atoms with Crippen LogP contribution in [0.25, 0.3) is 22.3 Å². The third-order valence-corrected chi connectivity index (χ3v) is 4.92. The summed E-state index contributed by atoms with van der Waals surface area (Å²) in [4.78, 5) is 20.9. The van der Waals surface area contributed by atoms with Crippen LogP contribution in [0.15, 0.2) is 31.0 Å². The molecule has 0 aromatic carbocycles. The van der Waals surface area contributed by atoms with Crippen molar-refractivity contribution < 1.29 is 4.79 Å². The fourth-order valence-corrected chi connectivity index (χ4v) is 3.50. The van der Waals surface area contributed by atoms with Crippen LogP contribution >= 0.6 is 0 Å². The molecule has 11 heteroatoms. The predicted octanol–water partition coefficient (Wildman–Crippen LogP) is 0.629.